The molecule has 0 spiro atoms. The normalized spacial score (nSPS) is 16.8. The number of carbonyl (C=O) groups excluding carboxylic acids is 3. The van der Waals surface area contributed by atoms with Gasteiger partial charge in [0.25, 0.3) is 11.7 Å². The van der Waals surface area contributed by atoms with E-state index in [9.17, 15) is 19.5 Å². The van der Waals surface area contributed by atoms with Crippen LogP contribution in [0.5, 0.6) is 5.75 Å². The van der Waals surface area contributed by atoms with E-state index in [2.05, 4.69) is 0 Å². The number of ketones is 1. The number of nitrogens with zero attached hydrogens (tertiary/aromatic N) is 1. The van der Waals surface area contributed by atoms with Crippen LogP contribution in [0.2, 0.25) is 0 Å². The van der Waals surface area contributed by atoms with Crippen molar-refractivity contribution in [3.05, 3.63) is 101 Å². The average molecular weight is 486 g/mol. The van der Waals surface area contributed by atoms with Crippen molar-refractivity contribution in [2.75, 3.05) is 18.1 Å². The van der Waals surface area contributed by atoms with Crippen molar-refractivity contribution < 1.29 is 29.0 Å². The van der Waals surface area contributed by atoms with Crippen molar-refractivity contribution in [1.82, 2.24) is 0 Å². The summed E-state index contributed by atoms with van der Waals surface area (Å²) in [5.41, 5.74) is 2.54. The van der Waals surface area contributed by atoms with Gasteiger partial charge >= 0.3 is 5.97 Å². The maximum atomic E-state index is 13.4. The van der Waals surface area contributed by atoms with Gasteiger partial charge in [0.15, 0.2) is 0 Å². The fraction of sp³-hybridized carbons (Fsp3) is 0.207. The highest BCUT2D eigenvalue weighted by Gasteiger charge is 2.47. The molecule has 36 heavy (non-hydrogen) atoms. The number of aryl methyl sites for hydroxylation is 1. The Labute approximate surface area is 209 Å². The highest BCUT2D eigenvalue weighted by Crippen LogP contribution is 2.42. The minimum Gasteiger partial charge on any atom is -0.507 e. The molecule has 7 nitrogen and oxygen atoms in total. The van der Waals surface area contributed by atoms with E-state index in [0.717, 1.165) is 5.56 Å². The molecule has 0 aromatic heterocycles. The molecular weight excluding hydrogens is 458 g/mol. The Kier molecular flexibility index (Phi) is 7.20. The Bertz CT molecular complexity index is 1340. The summed E-state index contributed by atoms with van der Waals surface area (Å²) in [5.74, 6) is -1.80. The second-order valence-electron chi connectivity index (χ2n) is 8.31. The van der Waals surface area contributed by atoms with E-state index >= 15 is 0 Å². The monoisotopic (exact) mass is 485 g/mol. The van der Waals surface area contributed by atoms with Crippen LogP contribution in [0, 0.1) is 6.92 Å². The van der Waals surface area contributed by atoms with Crippen LogP contribution >= 0.6 is 0 Å². The molecule has 1 aliphatic rings. The zero-order valence-corrected chi connectivity index (χ0v) is 20.4. The number of hydrogen-bond acceptors (Lipinski definition) is 6. The first-order chi connectivity index (χ1) is 17.3. The average Bonchev–Trinajstić information content (AvgIpc) is 3.15. The maximum Gasteiger partial charge on any atom is 0.338 e. The number of anilines is 1. The Morgan fingerprint density at radius 1 is 0.917 bits per heavy atom. The van der Waals surface area contributed by atoms with E-state index in [1.807, 2.05) is 32.0 Å². The number of hydrogen-bond donors (Lipinski definition) is 1. The van der Waals surface area contributed by atoms with E-state index < -0.39 is 23.7 Å². The van der Waals surface area contributed by atoms with Crippen LogP contribution in [0.1, 0.15) is 46.9 Å². The molecule has 4 rings (SSSR count). The molecule has 1 aliphatic heterocycles. The van der Waals surface area contributed by atoms with Gasteiger partial charge in [-0.2, -0.15) is 0 Å². The number of amides is 1. The summed E-state index contributed by atoms with van der Waals surface area (Å²) in [6.45, 7) is 6.18. The Morgan fingerprint density at radius 3 is 2.31 bits per heavy atom. The van der Waals surface area contributed by atoms with Gasteiger partial charge in [0, 0.05) is 11.3 Å². The molecule has 1 heterocycles. The van der Waals surface area contributed by atoms with Crippen LogP contribution in [0.15, 0.2) is 78.4 Å². The van der Waals surface area contributed by atoms with Crippen molar-refractivity contribution in [1.29, 1.82) is 0 Å². The van der Waals surface area contributed by atoms with Gasteiger partial charge in [-0.25, -0.2) is 4.79 Å². The molecule has 1 N–H and O–H groups in total. The van der Waals surface area contributed by atoms with E-state index in [1.165, 1.54) is 11.0 Å². The quantitative estimate of drug-likeness (QED) is 0.214. The molecule has 1 saturated heterocycles. The number of carbonyl (C=O) groups is 3. The third kappa shape index (κ3) is 4.73. The van der Waals surface area contributed by atoms with Crippen molar-refractivity contribution >= 4 is 29.1 Å². The molecule has 0 aliphatic carbocycles. The van der Waals surface area contributed by atoms with Gasteiger partial charge in [0.2, 0.25) is 0 Å². The number of ether oxygens (including phenoxy) is 2. The third-order valence-corrected chi connectivity index (χ3v) is 5.88. The summed E-state index contributed by atoms with van der Waals surface area (Å²) in [4.78, 5) is 40.4. The molecule has 0 radical (unpaired) electrons. The van der Waals surface area contributed by atoms with Crippen LogP contribution in [-0.2, 0) is 14.3 Å². The predicted molar refractivity (Wildman–Crippen MR) is 136 cm³/mol. The molecule has 184 valence electrons. The molecule has 1 unspecified atom stereocenters. The lowest BCUT2D eigenvalue weighted by Gasteiger charge is -2.26. The lowest BCUT2D eigenvalue weighted by molar-refractivity contribution is -0.132. The SMILES string of the molecule is CCOC(=O)c1cccc(N2C(=O)C(=O)/C(=C(/O)c3ccc(OCC)cc3)C2c2cccc(C)c2)c1. The summed E-state index contributed by atoms with van der Waals surface area (Å²) >= 11 is 0. The highest BCUT2D eigenvalue weighted by atomic mass is 16.5. The van der Waals surface area contributed by atoms with Gasteiger partial charge < -0.3 is 14.6 Å². The summed E-state index contributed by atoms with van der Waals surface area (Å²) in [6, 6.07) is 19.6. The number of aliphatic hydroxyl groups is 1. The Morgan fingerprint density at radius 2 is 1.64 bits per heavy atom. The lowest BCUT2D eigenvalue weighted by Crippen LogP contribution is -2.29. The molecular formula is C29H27NO6. The summed E-state index contributed by atoms with van der Waals surface area (Å²) in [6.07, 6.45) is 0. The van der Waals surface area contributed by atoms with Crippen LogP contribution in [0.3, 0.4) is 0 Å². The molecule has 1 fully saturated rings. The number of aliphatic hydroxyl groups excluding tert-OH is 1. The van der Waals surface area contributed by atoms with Crippen LogP contribution in [-0.4, -0.2) is 36.0 Å². The summed E-state index contributed by atoms with van der Waals surface area (Å²) < 4.78 is 10.6. The first kappa shape index (κ1) is 24.7. The first-order valence-electron chi connectivity index (χ1n) is 11.7. The summed E-state index contributed by atoms with van der Waals surface area (Å²) in [7, 11) is 0. The smallest absolute Gasteiger partial charge is 0.338 e. The molecule has 3 aromatic carbocycles. The topological polar surface area (TPSA) is 93.1 Å². The zero-order valence-electron chi connectivity index (χ0n) is 20.4. The second kappa shape index (κ2) is 10.5. The number of Topliss-reactive ketones (excluding diaryl/α,β-unsaturated/α-hetero) is 1. The van der Waals surface area contributed by atoms with E-state index in [4.69, 9.17) is 9.47 Å². The molecule has 1 atom stereocenters. The standard InChI is InChI=1S/C29H27NO6/c1-4-35-23-14-12-19(13-15-23)26(31)24-25(20-9-6-8-18(3)16-20)30(28(33)27(24)32)22-11-7-10-21(17-22)29(34)36-5-2/h6-17,25,31H,4-5H2,1-3H3/b26-24+. The number of rotatable bonds is 7. The van der Waals surface area contributed by atoms with Gasteiger partial charge in [-0.3, -0.25) is 14.5 Å². The zero-order chi connectivity index (χ0) is 25.8. The van der Waals surface area contributed by atoms with Gasteiger partial charge in [0.05, 0.1) is 30.4 Å². The Balaban J connectivity index is 1.88. The van der Waals surface area contributed by atoms with Gasteiger partial charge in [-0.05, 0) is 68.8 Å². The number of benzene rings is 3. The van der Waals surface area contributed by atoms with Crippen molar-refractivity contribution in [2.24, 2.45) is 0 Å². The van der Waals surface area contributed by atoms with E-state index in [-0.39, 0.29) is 23.5 Å². The maximum absolute atomic E-state index is 13.4. The molecule has 0 saturated carbocycles. The van der Waals surface area contributed by atoms with Gasteiger partial charge in [-0.1, -0.05) is 35.9 Å². The van der Waals surface area contributed by atoms with Crippen molar-refractivity contribution in [3.63, 3.8) is 0 Å². The molecule has 1 amide bonds. The fourth-order valence-corrected chi connectivity index (χ4v) is 4.28. The minimum absolute atomic E-state index is 0.0312. The molecule has 0 bridgehead atoms. The lowest BCUT2D eigenvalue weighted by atomic mass is 9.94. The predicted octanol–water partition coefficient (Wildman–Crippen LogP) is 5.20. The second-order valence-corrected chi connectivity index (χ2v) is 8.31. The highest BCUT2D eigenvalue weighted by molar-refractivity contribution is 6.51. The number of esters is 1. The van der Waals surface area contributed by atoms with Crippen LogP contribution < -0.4 is 9.64 Å². The third-order valence-electron chi connectivity index (χ3n) is 5.88. The first-order valence-corrected chi connectivity index (χ1v) is 11.7. The van der Waals surface area contributed by atoms with Crippen molar-refractivity contribution in [3.8, 4) is 5.75 Å². The largest absolute Gasteiger partial charge is 0.507 e. The fourth-order valence-electron chi connectivity index (χ4n) is 4.28. The van der Waals surface area contributed by atoms with E-state index in [0.29, 0.717) is 29.2 Å². The Hall–Kier alpha value is -4.39. The van der Waals surface area contributed by atoms with Gasteiger partial charge in [-0.15, -0.1) is 0 Å². The van der Waals surface area contributed by atoms with Crippen LogP contribution in [0.25, 0.3) is 5.76 Å². The molecule has 7 heteroatoms. The minimum atomic E-state index is -0.895. The molecule has 3 aromatic rings. The van der Waals surface area contributed by atoms with E-state index in [1.54, 1.807) is 55.5 Å². The summed E-state index contributed by atoms with van der Waals surface area (Å²) in [5, 5.41) is 11.3. The van der Waals surface area contributed by atoms with Gasteiger partial charge in [0.1, 0.15) is 11.5 Å². The van der Waals surface area contributed by atoms with Crippen LogP contribution in [0.4, 0.5) is 5.69 Å². The van der Waals surface area contributed by atoms with Crippen molar-refractivity contribution in [2.45, 2.75) is 26.8 Å².